The van der Waals surface area contributed by atoms with E-state index in [4.69, 9.17) is 20.3 Å². The highest BCUT2D eigenvalue weighted by atomic mass is 16.6. The number of carboxylic acid groups (broad SMARTS) is 1. The summed E-state index contributed by atoms with van der Waals surface area (Å²) in [6, 6.07) is 6.24. The Balaban J connectivity index is 1.33. The van der Waals surface area contributed by atoms with E-state index >= 15 is 0 Å². The molecule has 1 amide bonds. The molecule has 0 bridgehead atoms. The molecule has 2 atom stereocenters. The summed E-state index contributed by atoms with van der Waals surface area (Å²) in [7, 11) is 0. The number of hydrogen-bond acceptors (Lipinski definition) is 6. The molecule has 0 spiro atoms. The number of carboxylic acids is 1. The molecular weight excluding hydrogens is 386 g/mol. The Morgan fingerprint density at radius 3 is 2.57 bits per heavy atom. The summed E-state index contributed by atoms with van der Waals surface area (Å²) in [6.45, 7) is 5.10. The Labute approximate surface area is 177 Å². The number of amides is 1. The summed E-state index contributed by atoms with van der Waals surface area (Å²) in [5.41, 5.74) is 6.38. The van der Waals surface area contributed by atoms with E-state index in [1.54, 1.807) is 29.2 Å². The lowest BCUT2D eigenvalue weighted by atomic mass is 10.1. The van der Waals surface area contributed by atoms with Crippen LogP contribution in [0.4, 0.5) is 4.79 Å². The van der Waals surface area contributed by atoms with Gasteiger partial charge >= 0.3 is 12.1 Å². The number of carbonyl (C=O) groups is 2. The van der Waals surface area contributed by atoms with Crippen LogP contribution in [0.5, 0.6) is 5.75 Å². The summed E-state index contributed by atoms with van der Waals surface area (Å²) < 4.78 is 11.2. The Morgan fingerprint density at radius 2 is 1.87 bits per heavy atom. The monoisotopic (exact) mass is 419 g/mol. The predicted octanol–water partition coefficient (Wildman–Crippen LogP) is 2.11. The van der Waals surface area contributed by atoms with E-state index in [-0.39, 0.29) is 18.6 Å². The van der Waals surface area contributed by atoms with Crippen molar-refractivity contribution < 1.29 is 24.2 Å². The van der Waals surface area contributed by atoms with Crippen molar-refractivity contribution in [3.63, 3.8) is 0 Å². The highest BCUT2D eigenvalue weighted by molar-refractivity contribution is 5.73. The molecule has 1 aromatic carbocycles. The third-order valence-electron chi connectivity index (χ3n) is 5.68. The Bertz CT molecular complexity index is 691. The predicted molar refractivity (Wildman–Crippen MR) is 113 cm³/mol. The number of likely N-dealkylation sites (tertiary alicyclic amines) is 1. The van der Waals surface area contributed by atoms with E-state index < -0.39 is 12.0 Å². The Kier molecular flexibility index (Phi) is 8.33. The molecular formula is C22H33N3O5. The molecule has 0 aliphatic carbocycles. The van der Waals surface area contributed by atoms with Crippen LogP contribution in [0.25, 0.3) is 0 Å². The number of ether oxygens (including phenoxy) is 2. The number of rotatable bonds is 11. The van der Waals surface area contributed by atoms with Gasteiger partial charge in [0, 0.05) is 6.54 Å². The molecule has 0 aromatic heterocycles. The van der Waals surface area contributed by atoms with Crippen LogP contribution in [0.2, 0.25) is 0 Å². The SMILES string of the molecule is NC(Cc1ccc(OCC2CN(CCCCN3CCCCC3)C(=O)O2)cc1)C(=O)O. The Morgan fingerprint density at radius 1 is 1.17 bits per heavy atom. The van der Waals surface area contributed by atoms with E-state index in [9.17, 15) is 9.59 Å². The number of nitrogens with zero attached hydrogens (tertiary/aromatic N) is 2. The molecule has 2 aliphatic heterocycles. The van der Waals surface area contributed by atoms with Crippen molar-refractivity contribution >= 4 is 12.1 Å². The van der Waals surface area contributed by atoms with Gasteiger partial charge in [-0.15, -0.1) is 0 Å². The molecule has 3 rings (SSSR count). The zero-order valence-electron chi connectivity index (χ0n) is 17.5. The lowest BCUT2D eigenvalue weighted by molar-refractivity contribution is -0.138. The minimum absolute atomic E-state index is 0.264. The number of unbranched alkanes of at least 4 members (excludes halogenated alkanes) is 1. The first kappa shape index (κ1) is 22.4. The van der Waals surface area contributed by atoms with Crippen LogP contribution in [-0.4, -0.2) is 78.4 Å². The van der Waals surface area contributed by atoms with Gasteiger partial charge in [-0.2, -0.15) is 0 Å². The maximum absolute atomic E-state index is 12.1. The van der Waals surface area contributed by atoms with Gasteiger partial charge in [0.25, 0.3) is 0 Å². The fourth-order valence-corrected chi connectivity index (χ4v) is 3.92. The number of aliphatic carboxylic acids is 1. The summed E-state index contributed by atoms with van der Waals surface area (Å²) in [4.78, 5) is 27.2. The number of benzene rings is 1. The molecule has 2 heterocycles. The van der Waals surface area contributed by atoms with Gasteiger partial charge in [-0.3, -0.25) is 4.79 Å². The first-order valence-electron chi connectivity index (χ1n) is 10.9. The molecule has 1 aromatic rings. The molecule has 2 unspecified atom stereocenters. The maximum atomic E-state index is 12.1. The largest absolute Gasteiger partial charge is 0.490 e. The summed E-state index contributed by atoms with van der Waals surface area (Å²) in [5.74, 6) is -0.367. The third-order valence-corrected chi connectivity index (χ3v) is 5.68. The summed E-state index contributed by atoms with van der Waals surface area (Å²) in [6.07, 6.45) is 5.77. The zero-order valence-corrected chi connectivity index (χ0v) is 17.5. The fourth-order valence-electron chi connectivity index (χ4n) is 3.92. The zero-order chi connectivity index (χ0) is 21.3. The summed E-state index contributed by atoms with van der Waals surface area (Å²) >= 11 is 0. The van der Waals surface area contributed by atoms with Gasteiger partial charge < -0.3 is 30.1 Å². The van der Waals surface area contributed by atoms with E-state index in [0.717, 1.165) is 31.5 Å². The topological polar surface area (TPSA) is 105 Å². The third kappa shape index (κ3) is 6.88. The minimum atomic E-state index is -1.02. The number of carbonyl (C=O) groups excluding carboxylic acids is 1. The molecule has 8 nitrogen and oxygen atoms in total. The highest BCUT2D eigenvalue weighted by Gasteiger charge is 2.31. The van der Waals surface area contributed by atoms with E-state index in [1.807, 2.05) is 0 Å². The van der Waals surface area contributed by atoms with Crippen molar-refractivity contribution in [2.45, 2.75) is 50.7 Å². The second-order valence-corrected chi connectivity index (χ2v) is 8.17. The van der Waals surface area contributed by atoms with E-state index in [1.165, 1.54) is 32.4 Å². The van der Waals surface area contributed by atoms with Crippen molar-refractivity contribution in [3.8, 4) is 5.75 Å². The van der Waals surface area contributed by atoms with Crippen LogP contribution < -0.4 is 10.5 Å². The first-order chi connectivity index (χ1) is 14.5. The molecule has 2 fully saturated rings. The Hall–Kier alpha value is -2.32. The average molecular weight is 420 g/mol. The normalized spacial score (nSPS) is 20.8. The van der Waals surface area contributed by atoms with Crippen LogP contribution in [0.1, 0.15) is 37.7 Å². The molecule has 0 radical (unpaired) electrons. The molecule has 166 valence electrons. The van der Waals surface area contributed by atoms with Crippen molar-refractivity contribution in [3.05, 3.63) is 29.8 Å². The van der Waals surface area contributed by atoms with Gasteiger partial charge in [-0.1, -0.05) is 18.6 Å². The second kappa shape index (κ2) is 11.2. The van der Waals surface area contributed by atoms with Crippen molar-refractivity contribution in [2.75, 3.05) is 39.3 Å². The molecule has 2 aliphatic rings. The molecule has 2 saturated heterocycles. The lowest BCUT2D eigenvalue weighted by Crippen LogP contribution is -2.32. The van der Waals surface area contributed by atoms with Crippen LogP contribution >= 0.6 is 0 Å². The van der Waals surface area contributed by atoms with Gasteiger partial charge in [-0.25, -0.2) is 4.79 Å². The van der Waals surface area contributed by atoms with Crippen LogP contribution in [-0.2, 0) is 16.0 Å². The maximum Gasteiger partial charge on any atom is 0.410 e. The first-order valence-corrected chi connectivity index (χ1v) is 10.9. The van der Waals surface area contributed by atoms with Crippen LogP contribution in [0.3, 0.4) is 0 Å². The standard InChI is InChI=1S/C22H33N3O5/c23-20(21(26)27)14-17-6-8-18(9-7-17)29-16-19-15-25(22(28)30-19)13-5-4-12-24-10-2-1-3-11-24/h6-9,19-20H,1-5,10-16,23H2,(H,26,27). The molecule has 8 heteroatoms. The molecule has 0 saturated carbocycles. The lowest BCUT2D eigenvalue weighted by Gasteiger charge is -2.26. The summed E-state index contributed by atoms with van der Waals surface area (Å²) in [5, 5.41) is 8.88. The van der Waals surface area contributed by atoms with E-state index in [0.29, 0.717) is 18.9 Å². The second-order valence-electron chi connectivity index (χ2n) is 8.17. The average Bonchev–Trinajstić information content (AvgIpc) is 3.11. The van der Waals surface area contributed by atoms with Gasteiger partial charge in [-0.05, 0) is 69.4 Å². The van der Waals surface area contributed by atoms with Gasteiger partial charge in [0.1, 0.15) is 18.4 Å². The van der Waals surface area contributed by atoms with Crippen LogP contribution in [0.15, 0.2) is 24.3 Å². The van der Waals surface area contributed by atoms with Crippen molar-refractivity contribution in [2.24, 2.45) is 5.73 Å². The molecule has 3 N–H and O–H groups in total. The van der Waals surface area contributed by atoms with Gasteiger partial charge in [0.15, 0.2) is 6.10 Å². The quantitative estimate of drug-likeness (QED) is 0.529. The number of piperidine rings is 1. The highest BCUT2D eigenvalue weighted by Crippen LogP contribution is 2.17. The van der Waals surface area contributed by atoms with Gasteiger partial charge in [0.05, 0.1) is 6.54 Å². The minimum Gasteiger partial charge on any atom is -0.490 e. The number of hydrogen-bond donors (Lipinski definition) is 2. The number of cyclic esters (lactones) is 1. The smallest absolute Gasteiger partial charge is 0.410 e. The van der Waals surface area contributed by atoms with Crippen LogP contribution in [0, 0.1) is 0 Å². The fraction of sp³-hybridized carbons (Fsp3) is 0.636. The number of nitrogens with two attached hydrogens (primary N) is 1. The van der Waals surface area contributed by atoms with Crippen molar-refractivity contribution in [1.82, 2.24) is 9.80 Å². The van der Waals surface area contributed by atoms with Gasteiger partial charge in [0.2, 0.25) is 0 Å². The molecule has 30 heavy (non-hydrogen) atoms. The van der Waals surface area contributed by atoms with Crippen molar-refractivity contribution in [1.29, 1.82) is 0 Å². The van der Waals surface area contributed by atoms with E-state index in [2.05, 4.69) is 4.90 Å².